The number of rotatable bonds is 3. The van der Waals surface area contributed by atoms with Crippen LogP contribution in [0.3, 0.4) is 0 Å². The van der Waals surface area contributed by atoms with E-state index in [-0.39, 0.29) is 11.1 Å². The summed E-state index contributed by atoms with van der Waals surface area (Å²) in [6, 6.07) is 6.25. The third-order valence-electron chi connectivity index (χ3n) is 2.62. The number of ketones is 2. The standard InChI is InChI=1S/C14H8F3NO2/c15-14(16,17)11-3-1-9(2-4-11)12(19)13(20)10-5-7-18-8-6-10/h1-8H. The Morgan fingerprint density at radius 3 is 1.70 bits per heavy atom. The minimum atomic E-state index is -4.48. The van der Waals surface area contributed by atoms with Crippen LogP contribution in [0.1, 0.15) is 26.3 Å². The van der Waals surface area contributed by atoms with Crippen LogP contribution in [0.4, 0.5) is 13.2 Å². The molecule has 0 saturated heterocycles. The molecule has 6 heteroatoms. The van der Waals surface area contributed by atoms with Gasteiger partial charge in [-0.3, -0.25) is 14.6 Å². The Kier molecular flexibility index (Phi) is 3.65. The van der Waals surface area contributed by atoms with Gasteiger partial charge >= 0.3 is 6.18 Å². The zero-order valence-electron chi connectivity index (χ0n) is 10.0. The number of halogens is 3. The molecule has 2 rings (SSSR count). The van der Waals surface area contributed by atoms with Gasteiger partial charge < -0.3 is 0 Å². The van der Waals surface area contributed by atoms with Gasteiger partial charge in [-0.1, -0.05) is 12.1 Å². The van der Waals surface area contributed by atoms with Crippen molar-refractivity contribution in [2.24, 2.45) is 0 Å². The quantitative estimate of drug-likeness (QED) is 0.640. The van der Waals surface area contributed by atoms with E-state index in [0.29, 0.717) is 0 Å². The minimum Gasteiger partial charge on any atom is -0.285 e. The Balaban J connectivity index is 2.24. The second-order valence-electron chi connectivity index (χ2n) is 3.97. The fourth-order valence-corrected chi connectivity index (χ4v) is 1.58. The summed E-state index contributed by atoms with van der Waals surface area (Å²) in [5, 5.41) is 0. The zero-order chi connectivity index (χ0) is 14.8. The summed E-state index contributed by atoms with van der Waals surface area (Å²) < 4.78 is 37.2. The molecule has 0 N–H and O–H groups in total. The smallest absolute Gasteiger partial charge is 0.285 e. The van der Waals surface area contributed by atoms with E-state index < -0.39 is 23.3 Å². The van der Waals surface area contributed by atoms with Crippen LogP contribution in [0, 0.1) is 0 Å². The van der Waals surface area contributed by atoms with Crippen LogP contribution in [-0.2, 0) is 6.18 Å². The van der Waals surface area contributed by atoms with E-state index in [4.69, 9.17) is 0 Å². The van der Waals surface area contributed by atoms with Gasteiger partial charge in [0.15, 0.2) is 0 Å². The maximum atomic E-state index is 12.4. The lowest BCUT2D eigenvalue weighted by Crippen LogP contribution is -2.15. The van der Waals surface area contributed by atoms with Crippen molar-refractivity contribution in [1.29, 1.82) is 0 Å². The van der Waals surface area contributed by atoms with E-state index >= 15 is 0 Å². The summed E-state index contributed by atoms with van der Waals surface area (Å²) in [5.74, 6) is -1.64. The van der Waals surface area contributed by atoms with Crippen LogP contribution in [0.2, 0.25) is 0 Å². The third kappa shape index (κ3) is 2.90. The second-order valence-corrected chi connectivity index (χ2v) is 3.97. The predicted octanol–water partition coefficient (Wildman–Crippen LogP) is 3.17. The number of nitrogens with zero attached hydrogens (tertiary/aromatic N) is 1. The Morgan fingerprint density at radius 1 is 0.800 bits per heavy atom. The van der Waals surface area contributed by atoms with Crippen molar-refractivity contribution >= 4 is 11.6 Å². The molecule has 102 valence electrons. The van der Waals surface area contributed by atoms with Crippen LogP contribution in [-0.4, -0.2) is 16.6 Å². The molecule has 1 heterocycles. The van der Waals surface area contributed by atoms with Crippen molar-refractivity contribution < 1.29 is 22.8 Å². The van der Waals surface area contributed by atoms with Gasteiger partial charge in [-0.2, -0.15) is 13.2 Å². The van der Waals surface area contributed by atoms with Crippen molar-refractivity contribution in [2.45, 2.75) is 6.18 Å². The molecule has 0 atom stereocenters. The minimum absolute atomic E-state index is 0.0835. The summed E-state index contributed by atoms with van der Waals surface area (Å²) in [4.78, 5) is 27.4. The lowest BCUT2D eigenvalue weighted by atomic mass is 10.0. The monoisotopic (exact) mass is 279 g/mol. The fraction of sp³-hybridized carbons (Fsp3) is 0.0714. The van der Waals surface area contributed by atoms with Crippen LogP contribution in [0.15, 0.2) is 48.8 Å². The number of carbonyl (C=O) groups excluding carboxylic acids is 2. The Labute approximate surface area is 112 Å². The first-order valence-electron chi connectivity index (χ1n) is 5.56. The lowest BCUT2D eigenvalue weighted by molar-refractivity contribution is -0.137. The molecule has 2 aromatic rings. The topological polar surface area (TPSA) is 47.0 Å². The second kappa shape index (κ2) is 5.24. The van der Waals surface area contributed by atoms with Crippen LogP contribution >= 0.6 is 0 Å². The number of benzene rings is 1. The maximum Gasteiger partial charge on any atom is 0.416 e. The number of carbonyl (C=O) groups is 2. The fourth-order valence-electron chi connectivity index (χ4n) is 1.58. The first-order valence-corrected chi connectivity index (χ1v) is 5.56. The van der Waals surface area contributed by atoms with Crippen molar-refractivity contribution in [1.82, 2.24) is 4.98 Å². The Bertz CT molecular complexity index is 634. The van der Waals surface area contributed by atoms with Gasteiger partial charge in [0.1, 0.15) is 0 Å². The summed E-state index contributed by atoms with van der Waals surface area (Å²) >= 11 is 0. The molecule has 0 radical (unpaired) electrons. The predicted molar refractivity (Wildman–Crippen MR) is 64.3 cm³/mol. The molecule has 1 aromatic heterocycles. The van der Waals surface area contributed by atoms with Gasteiger partial charge in [-0.25, -0.2) is 0 Å². The molecular weight excluding hydrogens is 271 g/mol. The number of alkyl halides is 3. The van der Waals surface area contributed by atoms with E-state index in [1.807, 2.05) is 0 Å². The highest BCUT2D eigenvalue weighted by molar-refractivity contribution is 6.49. The number of hydrogen-bond donors (Lipinski definition) is 0. The Hall–Kier alpha value is -2.50. The highest BCUT2D eigenvalue weighted by Gasteiger charge is 2.30. The van der Waals surface area contributed by atoms with Gasteiger partial charge in [0, 0.05) is 23.5 Å². The van der Waals surface area contributed by atoms with E-state index in [9.17, 15) is 22.8 Å². The largest absolute Gasteiger partial charge is 0.416 e. The highest BCUT2D eigenvalue weighted by Crippen LogP contribution is 2.29. The van der Waals surface area contributed by atoms with Crippen molar-refractivity contribution in [3.63, 3.8) is 0 Å². The third-order valence-corrected chi connectivity index (χ3v) is 2.62. The number of aromatic nitrogens is 1. The molecule has 0 aliphatic heterocycles. The van der Waals surface area contributed by atoms with Crippen LogP contribution in [0.25, 0.3) is 0 Å². The molecule has 0 aliphatic rings. The normalized spacial score (nSPS) is 11.2. The van der Waals surface area contributed by atoms with Gasteiger partial charge in [-0.15, -0.1) is 0 Å². The molecule has 1 aromatic carbocycles. The van der Waals surface area contributed by atoms with E-state index in [0.717, 1.165) is 24.3 Å². The summed E-state index contributed by atoms with van der Waals surface area (Å²) in [6.45, 7) is 0. The van der Waals surface area contributed by atoms with E-state index in [2.05, 4.69) is 4.98 Å². The lowest BCUT2D eigenvalue weighted by Gasteiger charge is -2.06. The average molecular weight is 279 g/mol. The van der Waals surface area contributed by atoms with E-state index in [1.165, 1.54) is 24.5 Å². The van der Waals surface area contributed by atoms with Gasteiger partial charge in [-0.05, 0) is 24.3 Å². The Morgan fingerprint density at radius 2 is 1.25 bits per heavy atom. The molecule has 0 spiro atoms. The van der Waals surface area contributed by atoms with Gasteiger partial charge in [0.25, 0.3) is 0 Å². The molecule has 3 nitrogen and oxygen atoms in total. The van der Waals surface area contributed by atoms with Gasteiger partial charge in [0.05, 0.1) is 5.56 Å². The van der Waals surface area contributed by atoms with Crippen molar-refractivity contribution in [2.75, 3.05) is 0 Å². The summed E-state index contributed by atoms with van der Waals surface area (Å²) in [5.41, 5.74) is -0.810. The molecule has 0 bridgehead atoms. The van der Waals surface area contributed by atoms with Crippen LogP contribution < -0.4 is 0 Å². The first kappa shape index (κ1) is 13.9. The molecule has 0 amide bonds. The maximum absolute atomic E-state index is 12.4. The highest BCUT2D eigenvalue weighted by atomic mass is 19.4. The van der Waals surface area contributed by atoms with Crippen molar-refractivity contribution in [3.8, 4) is 0 Å². The molecule has 0 aliphatic carbocycles. The SMILES string of the molecule is O=C(C(=O)c1ccc(C(F)(F)F)cc1)c1ccncc1. The van der Waals surface area contributed by atoms with Crippen molar-refractivity contribution in [3.05, 3.63) is 65.5 Å². The average Bonchev–Trinajstić information content (AvgIpc) is 2.46. The molecule has 20 heavy (non-hydrogen) atoms. The number of hydrogen-bond acceptors (Lipinski definition) is 3. The number of Topliss-reactive ketones (excluding diaryl/α,β-unsaturated/α-hetero) is 2. The van der Waals surface area contributed by atoms with Gasteiger partial charge in [0.2, 0.25) is 11.6 Å². The molecule has 0 unspecified atom stereocenters. The molecule has 0 fully saturated rings. The first-order chi connectivity index (χ1) is 9.39. The van der Waals surface area contributed by atoms with Crippen LogP contribution in [0.5, 0.6) is 0 Å². The number of pyridine rings is 1. The summed E-state index contributed by atoms with van der Waals surface area (Å²) in [6.07, 6.45) is -1.77. The zero-order valence-corrected chi connectivity index (χ0v) is 10.0. The summed E-state index contributed by atoms with van der Waals surface area (Å²) in [7, 11) is 0. The van der Waals surface area contributed by atoms with E-state index in [1.54, 1.807) is 0 Å². The molecule has 0 saturated carbocycles. The molecular formula is C14H8F3NO2.